The predicted molar refractivity (Wildman–Crippen MR) is 238 cm³/mol. The van der Waals surface area contributed by atoms with Crippen molar-refractivity contribution in [2.24, 2.45) is 0 Å². The lowest BCUT2D eigenvalue weighted by atomic mass is 10.0. The summed E-state index contributed by atoms with van der Waals surface area (Å²) in [5.41, 5.74) is 0. The summed E-state index contributed by atoms with van der Waals surface area (Å²) in [6.07, 6.45) is 51.2. The van der Waals surface area contributed by atoms with Gasteiger partial charge in [-0.15, -0.1) is 0 Å². The fourth-order valence-corrected chi connectivity index (χ4v) is 6.71. The fourth-order valence-electron chi connectivity index (χ4n) is 6.71. The van der Waals surface area contributed by atoms with E-state index in [1.807, 2.05) is 0 Å². The summed E-state index contributed by atoms with van der Waals surface area (Å²) < 4.78 is 16.7. The van der Waals surface area contributed by atoms with E-state index in [9.17, 15) is 14.4 Å². The molecule has 0 heterocycles. The van der Waals surface area contributed by atoms with Crippen molar-refractivity contribution >= 4 is 17.9 Å². The Labute approximate surface area is 346 Å². The highest BCUT2D eigenvalue weighted by Gasteiger charge is 2.19. The molecule has 0 aliphatic heterocycles. The number of hydrogen-bond donors (Lipinski definition) is 0. The summed E-state index contributed by atoms with van der Waals surface area (Å²) >= 11 is 0. The minimum atomic E-state index is -0.774. The van der Waals surface area contributed by atoms with Crippen LogP contribution in [0.5, 0.6) is 0 Å². The third kappa shape index (κ3) is 42.8. The van der Waals surface area contributed by atoms with Crippen LogP contribution >= 0.6 is 0 Å². The Morgan fingerprint density at radius 1 is 0.357 bits per heavy atom. The highest BCUT2D eigenvalue weighted by molar-refractivity contribution is 5.71. The smallest absolute Gasteiger partial charge is 0.306 e. The zero-order valence-corrected chi connectivity index (χ0v) is 37.2. The van der Waals surface area contributed by atoms with Crippen molar-refractivity contribution < 1.29 is 28.6 Å². The lowest BCUT2D eigenvalue weighted by Gasteiger charge is -2.18. The van der Waals surface area contributed by atoms with E-state index in [0.717, 1.165) is 70.6 Å². The molecule has 0 saturated heterocycles. The van der Waals surface area contributed by atoms with E-state index in [4.69, 9.17) is 14.2 Å². The number of esters is 3. The van der Waals surface area contributed by atoms with Crippen molar-refractivity contribution in [3.8, 4) is 0 Å². The standard InChI is InChI=1S/C50H90O6/c1-4-7-10-13-16-19-22-24-25-26-29-31-34-37-40-43-49(52)55-46-47(45-54-48(51)42-39-36-33-30-27-21-18-15-12-9-6-3)56-50(53)44-41-38-35-32-28-23-20-17-14-11-8-5-2/h15-16,18-19,22,24,47H,4-14,17,20-21,23,25-46H2,1-3H3/b18-15-,19-16-,24-22-. The molecule has 0 aromatic rings. The number of hydrogen-bond acceptors (Lipinski definition) is 6. The first-order chi connectivity index (χ1) is 27.5. The molecule has 0 N–H and O–H groups in total. The van der Waals surface area contributed by atoms with E-state index in [-0.39, 0.29) is 31.1 Å². The summed E-state index contributed by atoms with van der Waals surface area (Å²) in [6.45, 7) is 6.55. The van der Waals surface area contributed by atoms with Gasteiger partial charge in [0.15, 0.2) is 6.10 Å². The van der Waals surface area contributed by atoms with Crippen molar-refractivity contribution in [2.75, 3.05) is 13.2 Å². The Hall–Kier alpha value is -2.37. The van der Waals surface area contributed by atoms with E-state index in [1.165, 1.54) is 135 Å². The topological polar surface area (TPSA) is 78.9 Å². The van der Waals surface area contributed by atoms with Crippen LogP contribution < -0.4 is 0 Å². The number of ether oxygens (including phenoxy) is 3. The maximum absolute atomic E-state index is 12.7. The van der Waals surface area contributed by atoms with Crippen molar-refractivity contribution in [3.05, 3.63) is 36.5 Å². The number of carbonyl (C=O) groups is 3. The third-order valence-electron chi connectivity index (χ3n) is 10.4. The molecular weight excluding hydrogens is 697 g/mol. The Bertz CT molecular complexity index is 953. The van der Waals surface area contributed by atoms with Crippen LogP contribution in [0.25, 0.3) is 0 Å². The number of allylic oxidation sites excluding steroid dienone is 6. The summed E-state index contributed by atoms with van der Waals surface area (Å²) in [6, 6.07) is 0. The van der Waals surface area contributed by atoms with Crippen LogP contribution in [0, 0.1) is 0 Å². The van der Waals surface area contributed by atoms with Crippen LogP contribution in [0.3, 0.4) is 0 Å². The largest absolute Gasteiger partial charge is 0.462 e. The lowest BCUT2D eigenvalue weighted by molar-refractivity contribution is -0.167. The molecule has 326 valence electrons. The average Bonchev–Trinajstić information content (AvgIpc) is 3.19. The van der Waals surface area contributed by atoms with E-state index in [1.54, 1.807) is 0 Å². The van der Waals surface area contributed by atoms with Gasteiger partial charge in [-0.2, -0.15) is 0 Å². The first kappa shape index (κ1) is 53.6. The Kier molecular flexibility index (Phi) is 43.4. The minimum Gasteiger partial charge on any atom is -0.462 e. The number of rotatable bonds is 43. The second kappa shape index (κ2) is 45.3. The van der Waals surface area contributed by atoms with Gasteiger partial charge in [0.05, 0.1) is 0 Å². The van der Waals surface area contributed by atoms with Gasteiger partial charge in [0, 0.05) is 19.3 Å². The van der Waals surface area contributed by atoms with E-state index >= 15 is 0 Å². The Balaban J connectivity index is 4.37. The van der Waals surface area contributed by atoms with Crippen molar-refractivity contribution in [1.29, 1.82) is 0 Å². The predicted octanol–water partition coefficient (Wildman–Crippen LogP) is 15.4. The van der Waals surface area contributed by atoms with E-state index in [0.29, 0.717) is 19.3 Å². The molecule has 0 rings (SSSR count). The van der Waals surface area contributed by atoms with E-state index in [2.05, 4.69) is 57.2 Å². The molecule has 6 nitrogen and oxygen atoms in total. The van der Waals surface area contributed by atoms with Gasteiger partial charge in [-0.3, -0.25) is 14.4 Å². The van der Waals surface area contributed by atoms with Gasteiger partial charge in [-0.25, -0.2) is 0 Å². The molecule has 0 spiro atoms. The molecule has 1 unspecified atom stereocenters. The maximum atomic E-state index is 12.7. The van der Waals surface area contributed by atoms with Gasteiger partial charge >= 0.3 is 17.9 Å². The molecule has 0 amide bonds. The number of unbranched alkanes of at least 4 members (excludes halogenated alkanes) is 27. The number of carbonyl (C=O) groups excluding carboxylic acids is 3. The van der Waals surface area contributed by atoms with Crippen molar-refractivity contribution in [1.82, 2.24) is 0 Å². The molecule has 6 heteroatoms. The lowest BCUT2D eigenvalue weighted by Crippen LogP contribution is -2.30. The summed E-state index contributed by atoms with van der Waals surface area (Å²) in [5, 5.41) is 0. The van der Waals surface area contributed by atoms with Gasteiger partial charge < -0.3 is 14.2 Å². The highest BCUT2D eigenvalue weighted by Crippen LogP contribution is 2.15. The molecular formula is C50H90O6. The fraction of sp³-hybridized carbons (Fsp3) is 0.820. The van der Waals surface area contributed by atoms with Crippen LogP contribution in [0.15, 0.2) is 36.5 Å². The first-order valence-electron chi connectivity index (χ1n) is 24.0. The van der Waals surface area contributed by atoms with Gasteiger partial charge in [-0.05, 0) is 64.2 Å². The average molecular weight is 787 g/mol. The molecule has 0 fully saturated rings. The van der Waals surface area contributed by atoms with Crippen LogP contribution in [0.4, 0.5) is 0 Å². The Morgan fingerprint density at radius 3 is 1.09 bits per heavy atom. The monoisotopic (exact) mass is 787 g/mol. The molecule has 1 atom stereocenters. The molecule has 0 aromatic carbocycles. The summed E-state index contributed by atoms with van der Waals surface area (Å²) in [5.74, 6) is -0.894. The van der Waals surface area contributed by atoms with Crippen molar-refractivity contribution in [3.63, 3.8) is 0 Å². The molecule has 0 bridgehead atoms. The second-order valence-electron chi connectivity index (χ2n) is 16.0. The molecule has 0 aliphatic rings. The van der Waals surface area contributed by atoms with Crippen LogP contribution in [-0.2, 0) is 28.6 Å². The van der Waals surface area contributed by atoms with Gasteiger partial charge in [0.1, 0.15) is 13.2 Å². The van der Waals surface area contributed by atoms with Crippen molar-refractivity contribution in [2.45, 2.75) is 252 Å². The summed E-state index contributed by atoms with van der Waals surface area (Å²) in [4.78, 5) is 37.8. The van der Waals surface area contributed by atoms with Gasteiger partial charge in [0.25, 0.3) is 0 Å². The molecule has 0 aliphatic carbocycles. The SMILES string of the molecule is CCCC/C=C\CCCCCCCC(=O)OCC(COC(=O)CCCCCCCC/C=C\C=C/CCCCC)OC(=O)CCCCCCCCCCCCCC. The molecule has 56 heavy (non-hydrogen) atoms. The minimum absolute atomic E-state index is 0.0783. The second-order valence-corrected chi connectivity index (χ2v) is 16.0. The normalized spacial score (nSPS) is 12.3. The van der Waals surface area contributed by atoms with Gasteiger partial charge in [-0.1, -0.05) is 198 Å². The van der Waals surface area contributed by atoms with Gasteiger partial charge in [0.2, 0.25) is 0 Å². The maximum Gasteiger partial charge on any atom is 0.306 e. The highest BCUT2D eigenvalue weighted by atomic mass is 16.6. The zero-order valence-electron chi connectivity index (χ0n) is 37.2. The third-order valence-corrected chi connectivity index (χ3v) is 10.4. The molecule has 0 saturated carbocycles. The van der Waals surface area contributed by atoms with Crippen LogP contribution in [0.1, 0.15) is 245 Å². The van der Waals surface area contributed by atoms with E-state index < -0.39 is 6.10 Å². The quantitative estimate of drug-likeness (QED) is 0.0201. The zero-order chi connectivity index (χ0) is 40.8. The molecule has 0 radical (unpaired) electrons. The molecule has 0 aromatic heterocycles. The van der Waals surface area contributed by atoms with Crippen LogP contribution in [-0.4, -0.2) is 37.2 Å². The summed E-state index contributed by atoms with van der Waals surface area (Å²) in [7, 11) is 0. The van der Waals surface area contributed by atoms with Crippen LogP contribution in [0.2, 0.25) is 0 Å². The first-order valence-corrected chi connectivity index (χ1v) is 24.0. The Morgan fingerprint density at radius 2 is 0.661 bits per heavy atom.